The summed E-state index contributed by atoms with van der Waals surface area (Å²) in [4.78, 5) is 0. The number of rotatable bonds is 4. The molecular formula is C15H18N4S. The molecule has 5 heteroatoms. The summed E-state index contributed by atoms with van der Waals surface area (Å²) in [6.07, 6.45) is 2.77. The molecule has 20 heavy (non-hydrogen) atoms. The van der Waals surface area contributed by atoms with Crippen LogP contribution in [-0.2, 0) is 13.5 Å². The molecule has 2 heterocycles. The van der Waals surface area contributed by atoms with Gasteiger partial charge in [0.1, 0.15) is 0 Å². The Balaban J connectivity index is 1.94. The molecule has 104 valence electrons. The maximum Gasteiger partial charge on any atom is 0.0540 e. The van der Waals surface area contributed by atoms with Crippen molar-refractivity contribution >= 4 is 21.4 Å². The van der Waals surface area contributed by atoms with E-state index in [0.717, 1.165) is 17.7 Å². The van der Waals surface area contributed by atoms with Crippen LogP contribution in [0, 0.1) is 6.92 Å². The van der Waals surface area contributed by atoms with Gasteiger partial charge in [0.2, 0.25) is 0 Å². The van der Waals surface area contributed by atoms with Crippen LogP contribution in [0.3, 0.4) is 0 Å². The van der Waals surface area contributed by atoms with Gasteiger partial charge in [0.15, 0.2) is 0 Å². The highest BCUT2D eigenvalue weighted by Gasteiger charge is 2.17. The van der Waals surface area contributed by atoms with Crippen LogP contribution in [0.5, 0.6) is 0 Å². The molecular weight excluding hydrogens is 268 g/mol. The van der Waals surface area contributed by atoms with E-state index >= 15 is 0 Å². The maximum atomic E-state index is 5.76. The second-order valence-corrected chi connectivity index (χ2v) is 5.90. The summed E-state index contributed by atoms with van der Waals surface area (Å²) in [5.41, 5.74) is 6.56. The lowest BCUT2D eigenvalue weighted by atomic mass is 9.99. The van der Waals surface area contributed by atoms with Gasteiger partial charge in [0.05, 0.1) is 12.2 Å². The number of thiophene rings is 1. The van der Waals surface area contributed by atoms with E-state index in [1.807, 2.05) is 17.9 Å². The Labute approximate surface area is 122 Å². The molecule has 1 atom stereocenters. The number of nitrogens with two attached hydrogens (primary N) is 1. The molecule has 0 fully saturated rings. The van der Waals surface area contributed by atoms with Crippen molar-refractivity contribution in [1.29, 1.82) is 0 Å². The van der Waals surface area contributed by atoms with Gasteiger partial charge in [0.25, 0.3) is 0 Å². The van der Waals surface area contributed by atoms with Crippen molar-refractivity contribution in [3.05, 3.63) is 52.7 Å². The summed E-state index contributed by atoms with van der Waals surface area (Å²) in [5, 5.41) is 7.84. The second kappa shape index (κ2) is 5.36. The lowest BCUT2D eigenvalue weighted by molar-refractivity contribution is 0.550. The van der Waals surface area contributed by atoms with E-state index in [1.54, 1.807) is 11.3 Å². The fourth-order valence-corrected chi connectivity index (χ4v) is 3.50. The Kier molecular flexibility index (Phi) is 3.56. The van der Waals surface area contributed by atoms with Crippen molar-refractivity contribution in [3.8, 4) is 0 Å². The number of aromatic nitrogens is 2. The number of hydrogen-bond acceptors (Lipinski definition) is 4. The Morgan fingerprint density at radius 2 is 2.20 bits per heavy atom. The molecule has 0 aliphatic carbocycles. The Morgan fingerprint density at radius 1 is 1.40 bits per heavy atom. The first-order valence-corrected chi connectivity index (χ1v) is 7.48. The molecule has 0 spiro atoms. The molecule has 0 radical (unpaired) electrons. The van der Waals surface area contributed by atoms with Gasteiger partial charge in [-0.25, -0.2) is 0 Å². The minimum atomic E-state index is 0.0849. The second-order valence-electron chi connectivity index (χ2n) is 4.99. The Morgan fingerprint density at radius 3 is 2.90 bits per heavy atom. The summed E-state index contributed by atoms with van der Waals surface area (Å²) in [6, 6.07) is 8.57. The van der Waals surface area contributed by atoms with Gasteiger partial charge in [-0.1, -0.05) is 18.2 Å². The Bertz CT molecular complexity index is 728. The van der Waals surface area contributed by atoms with Gasteiger partial charge in [-0.2, -0.15) is 5.10 Å². The SMILES string of the molecule is Cc1c(C(Cc2csc3ccccc23)NN)cnn1C. The number of fused-ring (bicyclic) bond motifs is 1. The van der Waals surface area contributed by atoms with E-state index < -0.39 is 0 Å². The highest BCUT2D eigenvalue weighted by molar-refractivity contribution is 7.17. The topological polar surface area (TPSA) is 55.9 Å². The van der Waals surface area contributed by atoms with E-state index in [9.17, 15) is 0 Å². The Hall–Kier alpha value is -1.69. The molecule has 1 aromatic carbocycles. The maximum absolute atomic E-state index is 5.76. The lowest BCUT2D eigenvalue weighted by Gasteiger charge is -2.15. The van der Waals surface area contributed by atoms with Crippen LogP contribution in [0.15, 0.2) is 35.8 Å². The zero-order chi connectivity index (χ0) is 14.1. The third-order valence-electron chi connectivity index (χ3n) is 3.84. The minimum absolute atomic E-state index is 0.0849. The van der Waals surface area contributed by atoms with Crippen molar-refractivity contribution in [2.24, 2.45) is 12.9 Å². The molecule has 4 nitrogen and oxygen atoms in total. The quantitative estimate of drug-likeness (QED) is 0.573. The minimum Gasteiger partial charge on any atom is -0.273 e. The highest BCUT2D eigenvalue weighted by atomic mass is 32.1. The van der Waals surface area contributed by atoms with Crippen molar-refractivity contribution < 1.29 is 0 Å². The first-order valence-electron chi connectivity index (χ1n) is 6.60. The molecule has 0 aliphatic rings. The third kappa shape index (κ3) is 2.24. The normalized spacial score (nSPS) is 12.9. The van der Waals surface area contributed by atoms with Crippen molar-refractivity contribution in [2.75, 3.05) is 0 Å². The van der Waals surface area contributed by atoms with Gasteiger partial charge in [-0.3, -0.25) is 16.0 Å². The van der Waals surface area contributed by atoms with Crippen LogP contribution >= 0.6 is 11.3 Å². The third-order valence-corrected chi connectivity index (χ3v) is 4.85. The van der Waals surface area contributed by atoms with Crippen LogP contribution in [-0.4, -0.2) is 9.78 Å². The number of nitrogens with one attached hydrogen (secondary N) is 1. The summed E-state index contributed by atoms with van der Waals surface area (Å²) in [6.45, 7) is 2.07. The van der Waals surface area contributed by atoms with Crippen molar-refractivity contribution in [1.82, 2.24) is 15.2 Å². The number of nitrogens with zero attached hydrogens (tertiary/aromatic N) is 2. The highest BCUT2D eigenvalue weighted by Crippen LogP contribution is 2.29. The predicted octanol–water partition coefficient (Wildman–Crippen LogP) is 2.69. The molecule has 0 amide bonds. The van der Waals surface area contributed by atoms with Gasteiger partial charge in [-0.15, -0.1) is 11.3 Å². The van der Waals surface area contributed by atoms with Crippen molar-refractivity contribution in [2.45, 2.75) is 19.4 Å². The number of aryl methyl sites for hydroxylation is 1. The first kappa shape index (κ1) is 13.3. The summed E-state index contributed by atoms with van der Waals surface area (Å²) >= 11 is 1.78. The van der Waals surface area contributed by atoms with Gasteiger partial charge in [-0.05, 0) is 35.7 Å². The smallest absolute Gasteiger partial charge is 0.0540 e. The molecule has 0 aliphatic heterocycles. The average molecular weight is 286 g/mol. The van der Waals surface area contributed by atoms with Crippen LogP contribution in [0.1, 0.15) is 22.9 Å². The molecule has 3 aromatic rings. The summed E-state index contributed by atoms with van der Waals surface area (Å²) < 4.78 is 3.20. The van der Waals surface area contributed by atoms with E-state index in [-0.39, 0.29) is 6.04 Å². The summed E-state index contributed by atoms with van der Waals surface area (Å²) in [5.74, 6) is 5.76. The van der Waals surface area contributed by atoms with Gasteiger partial charge < -0.3 is 0 Å². The fraction of sp³-hybridized carbons (Fsp3) is 0.267. The molecule has 2 aromatic heterocycles. The molecule has 0 saturated heterocycles. The molecule has 3 rings (SSSR count). The number of hydrogen-bond donors (Lipinski definition) is 2. The molecule has 0 saturated carbocycles. The van der Waals surface area contributed by atoms with E-state index in [0.29, 0.717) is 0 Å². The monoisotopic (exact) mass is 286 g/mol. The van der Waals surface area contributed by atoms with Crippen LogP contribution in [0.2, 0.25) is 0 Å². The van der Waals surface area contributed by atoms with Gasteiger partial charge >= 0.3 is 0 Å². The van der Waals surface area contributed by atoms with E-state index in [1.165, 1.54) is 15.6 Å². The van der Waals surface area contributed by atoms with E-state index in [2.05, 4.69) is 47.1 Å². The van der Waals surface area contributed by atoms with E-state index in [4.69, 9.17) is 5.84 Å². The molecule has 1 unspecified atom stereocenters. The first-order chi connectivity index (χ1) is 9.70. The van der Waals surface area contributed by atoms with Crippen molar-refractivity contribution in [3.63, 3.8) is 0 Å². The lowest BCUT2D eigenvalue weighted by Crippen LogP contribution is -2.29. The molecule has 3 N–H and O–H groups in total. The average Bonchev–Trinajstić information content (AvgIpc) is 3.02. The largest absolute Gasteiger partial charge is 0.273 e. The zero-order valence-corrected chi connectivity index (χ0v) is 12.4. The molecule has 0 bridgehead atoms. The number of hydrazine groups is 1. The number of benzene rings is 1. The summed E-state index contributed by atoms with van der Waals surface area (Å²) in [7, 11) is 1.95. The van der Waals surface area contributed by atoms with Gasteiger partial charge in [0, 0.05) is 23.0 Å². The van der Waals surface area contributed by atoms with Crippen LogP contribution in [0.25, 0.3) is 10.1 Å². The van der Waals surface area contributed by atoms with Crippen LogP contribution in [0.4, 0.5) is 0 Å². The zero-order valence-electron chi connectivity index (χ0n) is 11.6. The standard InChI is InChI=1S/C15H18N4S/c1-10-13(8-17-19(10)2)14(18-16)7-11-9-20-15-6-4-3-5-12(11)15/h3-6,8-9,14,18H,7,16H2,1-2H3. The van der Waals surface area contributed by atoms with Crippen LogP contribution < -0.4 is 11.3 Å². The fourth-order valence-electron chi connectivity index (χ4n) is 2.53. The predicted molar refractivity (Wildman–Crippen MR) is 83.5 cm³/mol.